The summed E-state index contributed by atoms with van der Waals surface area (Å²) in [5, 5.41) is 11.9. The molecule has 11 nitrogen and oxygen atoms in total. The Balaban J connectivity index is 1.29. The Kier molecular flexibility index (Phi) is 5.14. The average molecular weight is 496 g/mol. The highest BCUT2D eigenvalue weighted by Gasteiger charge is 2.26. The molecule has 1 aliphatic heterocycles. The highest BCUT2D eigenvalue weighted by atomic mass is 16.5. The molecule has 2 aromatic carbocycles. The zero-order chi connectivity index (χ0) is 25.7. The Morgan fingerprint density at radius 1 is 1.05 bits per heavy atom. The van der Waals surface area contributed by atoms with Gasteiger partial charge in [0.2, 0.25) is 5.88 Å². The first kappa shape index (κ1) is 22.7. The Bertz CT molecular complexity index is 1680. The molecule has 3 aromatic heterocycles. The molecule has 0 saturated heterocycles. The number of aromatic nitrogens is 6. The number of rotatable bonds is 4. The van der Waals surface area contributed by atoms with Crippen LogP contribution in [0, 0.1) is 13.8 Å². The first-order valence-corrected chi connectivity index (χ1v) is 11.8. The van der Waals surface area contributed by atoms with E-state index in [0.717, 1.165) is 33.3 Å². The van der Waals surface area contributed by atoms with Crippen LogP contribution in [0.15, 0.2) is 54.0 Å². The molecule has 0 fully saturated rings. The number of nitrogens with one attached hydrogen (secondary N) is 1. The first-order chi connectivity index (χ1) is 17.7. The van der Waals surface area contributed by atoms with E-state index < -0.39 is 0 Å². The third-order valence-corrected chi connectivity index (χ3v) is 6.03. The highest BCUT2D eigenvalue weighted by molar-refractivity contribution is 5.96. The van der Waals surface area contributed by atoms with Gasteiger partial charge in [0.15, 0.2) is 11.5 Å². The molecule has 0 saturated carbocycles. The molecule has 0 aliphatic carbocycles. The highest BCUT2D eigenvalue weighted by Crippen LogP contribution is 2.33. The number of amidine groups is 1. The number of nitrogens with two attached hydrogens (primary N) is 1. The molecule has 3 N–H and O–H groups in total. The van der Waals surface area contributed by atoms with Crippen molar-refractivity contribution >= 4 is 34.1 Å². The Morgan fingerprint density at radius 2 is 1.86 bits per heavy atom. The van der Waals surface area contributed by atoms with Gasteiger partial charge in [-0.3, -0.25) is 4.40 Å². The van der Waals surface area contributed by atoms with Crippen molar-refractivity contribution in [2.75, 3.05) is 17.7 Å². The summed E-state index contributed by atoms with van der Waals surface area (Å²) >= 11 is 0. The maximum Gasteiger partial charge on any atom is 0.289 e. The number of fused-ring (bicyclic) bond motifs is 2. The zero-order valence-electron chi connectivity index (χ0n) is 20.9. The number of ether oxygens (including phenoxy) is 2. The van der Waals surface area contributed by atoms with E-state index >= 15 is 0 Å². The van der Waals surface area contributed by atoms with E-state index in [9.17, 15) is 0 Å². The fourth-order valence-corrected chi connectivity index (χ4v) is 4.24. The van der Waals surface area contributed by atoms with Gasteiger partial charge in [-0.2, -0.15) is 0 Å². The van der Waals surface area contributed by atoms with E-state index in [1.54, 1.807) is 23.1 Å². The van der Waals surface area contributed by atoms with Crippen LogP contribution in [0.2, 0.25) is 0 Å². The third-order valence-electron chi connectivity index (χ3n) is 6.03. The number of hydrogen-bond donors (Lipinski definition) is 2. The van der Waals surface area contributed by atoms with Crippen LogP contribution in [0.1, 0.15) is 25.0 Å². The van der Waals surface area contributed by atoms with E-state index in [0.29, 0.717) is 41.5 Å². The van der Waals surface area contributed by atoms with E-state index in [1.165, 1.54) is 0 Å². The average Bonchev–Trinajstić information content (AvgIpc) is 3.46. The minimum atomic E-state index is -0.242. The van der Waals surface area contributed by atoms with Gasteiger partial charge in [-0.1, -0.05) is 0 Å². The second kappa shape index (κ2) is 8.40. The van der Waals surface area contributed by atoms with Crippen LogP contribution in [-0.2, 0) is 4.74 Å². The summed E-state index contributed by atoms with van der Waals surface area (Å²) < 4.78 is 13.4. The lowest BCUT2D eigenvalue weighted by atomic mass is 10.0. The summed E-state index contributed by atoms with van der Waals surface area (Å²) in [5.74, 6) is 2.08. The van der Waals surface area contributed by atoms with E-state index in [2.05, 4.69) is 30.5 Å². The van der Waals surface area contributed by atoms with Gasteiger partial charge in [0.25, 0.3) is 6.02 Å². The van der Waals surface area contributed by atoms with E-state index in [1.807, 2.05) is 58.0 Å². The van der Waals surface area contributed by atoms with Gasteiger partial charge in [0.1, 0.15) is 30.8 Å². The molecule has 0 radical (unpaired) electrons. The SMILES string of the molecule is Cc1cc(-c2nc(N)c3cc(NC4=NC(C)(C)CO4)ccc3n2)cc(C)c1Oc1cc2nncn2cn1. The van der Waals surface area contributed by atoms with Crippen LogP contribution in [-0.4, -0.2) is 47.7 Å². The molecule has 0 spiro atoms. The predicted molar refractivity (Wildman–Crippen MR) is 141 cm³/mol. The number of hydrogen-bond acceptors (Lipinski definition) is 10. The summed E-state index contributed by atoms with van der Waals surface area (Å²) in [6, 6.07) is 11.9. The topological polar surface area (TPSA) is 138 Å². The Labute approximate surface area is 212 Å². The smallest absolute Gasteiger partial charge is 0.289 e. The third kappa shape index (κ3) is 4.35. The second-order valence-electron chi connectivity index (χ2n) is 9.67. The number of aliphatic imine (C=N–C) groups is 1. The van der Waals surface area contributed by atoms with E-state index in [4.69, 9.17) is 20.2 Å². The first-order valence-electron chi connectivity index (χ1n) is 11.8. The van der Waals surface area contributed by atoms with Crippen molar-refractivity contribution in [3.63, 3.8) is 0 Å². The van der Waals surface area contributed by atoms with Gasteiger partial charge in [-0.15, -0.1) is 10.2 Å². The molecule has 37 heavy (non-hydrogen) atoms. The monoisotopic (exact) mass is 495 g/mol. The van der Waals surface area contributed by atoms with E-state index in [-0.39, 0.29) is 5.54 Å². The molecule has 5 aromatic rings. The molecular formula is C26H25N9O2. The van der Waals surface area contributed by atoms with Gasteiger partial charge in [0, 0.05) is 22.7 Å². The fraction of sp³-hybridized carbons (Fsp3) is 0.231. The number of nitrogen functional groups attached to an aromatic ring is 1. The molecule has 4 heterocycles. The van der Waals surface area contributed by atoms with Crippen LogP contribution in [0.5, 0.6) is 11.6 Å². The minimum absolute atomic E-state index is 0.242. The molecule has 11 heteroatoms. The fourth-order valence-electron chi connectivity index (χ4n) is 4.24. The molecule has 186 valence electrons. The number of nitrogens with zero attached hydrogens (tertiary/aromatic N) is 7. The predicted octanol–water partition coefficient (Wildman–Crippen LogP) is 4.30. The van der Waals surface area contributed by atoms with Crippen molar-refractivity contribution in [2.24, 2.45) is 4.99 Å². The lowest BCUT2D eigenvalue weighted by molar-refractivity contribution is 0.278. The van der Waals surface area contributed by atoms with Gasteiger partial charge >= 0.3 is 0 Å². The van der Waals surface area contributed by atoms with Crippen molar-refractivity contribution in [3.8, 4) is 23.0 Å². The zero-order valence-corrected chi connectivity index (χ0v) is 20.9. The number of benzene rings is 2. The minimum Gasteiger partial charge on any atom is -0.462 e. The molecular weight excluding hydrogens is 470 g/mol. The van der Waals surface area contributed by atoms with Gasteiger partial charge < -0.3 is 20.5 Å². The lowest BCUT2D eigenvalue weighted by Gasteiger charge is -2.14. The molecule has 0 unspecified atom stereocenters. The normalized spacial score (nSPS) is 14.5. The summed E-state index contributed by atoms with van der Waals surface area (Å²) in [5.41, 5.74) is 11.0. The van der Waals surface area contributed by atoms with Gasteiger partial charge in [0.05, 0.1) is 11.1 Å². The van der Waals surface area contributed by atoms with Crippen LogP contribution in [0.3, 0.4) is 0 Å². The summed E-state index contributed by atoms with van der Waals surface area (Å²) in [6.45, 7) is 8.52. The van der Waals surface area contributed by atoms with Crippen LogP contribution in [0.4, 0.5) is 11.5 Å². The van der Waals surface area contributed by atoms with Crippen molar-refractivity contribution in [3.05, 3.63) is 60.2 Å². The van der Waals surface area contributed by atoms with Gasteiger partial charge in [-0.05, 0) is 69.2 Å². The molecule has 0 atom stereocenters. The second-order valence-corrected chi connectivity index (χ2v) is 9.67. The van der Waals surface area contributed by atoms with Crippen molar-refractivity contribution in [1.82, 2.24) is 29.5 Å². The Morgan fingerprint density at radius 3 is 2.62 bits per heavy atom. The maximum atomic E-state index is 6.37. The van der Waals surface area contributed by atoms with Gasteiger partial charge in [-0.25, -0.2) is 19.9 Å². The van der Waals surface area contributed by atoms with Crippen LogP contribution >= 0.6 is 0 Å². The quantitative estimate of drug-likeness (QED) is 0.374. The summed E-state index contributed by atoms with van der Waals surface area (Å²) in [6.07, 6.45) is 3.20. The molecule has 0 bridgehead atoms. The Hall–Kier alpha value is -4.80. The summed E-state index contributed by atoms with van der Waals surface area (Å²) in [7, 11) is 0. The number of anilines is 2. The van der Waals surface area contributed by atoms with Crippen molar-refractivity contribution in [1.29, 1.82) is 0 Å². The summed E-state index contributed by atoms with van der Waals surface area (Å²) in [4.78, 5) is 18.2. The van der Waals surface area contributed by atoms with Crippen LogP contribution in [0.25, 0.3) is 27.9 Å². The van der Waals surface area contributed by atoms with Crippen molar-refractivity contribution < 1.29 is 9.47 Å². The molecule has 0 amide bonds. The standard InChI is InChI=1S/C26H25N9O2/c1-14-7-16(8-15(2)22(14)37-21-10-20-34-29-13-35(20)12-28-21)24-31-19-6-5-17(9-18(19)23(27)32-24)30-25-33-26(3,4)11-36-25/h5-10,12-13H,11H2,1-4H3,(H,30,33)(H2,27,31,32). The lowest BCUT2D eigenvalue weighted by Crippen LogP contribution is -2.17. The largest absolute Gasteiger partial charge is 0.462 e. The van der Waals surface area contributed by atoms with Crippen molar-refractivity contribution in [2.45, 2.75) is 33.2 Å². The molecule has 1 aliphatic rings. The van der Waals surface area contributed by atoms with Crippen LogP contribution < -0.4 is 15.8 Å². The maximum absolute atomic E-state index is 6.37. The number of aryl methyl sites for hydroxylation is 2. The molecule has 6 rings (SSSR count).